The fourth-order valence-corrected chi connectivity index (χ4v) is 3.80. The predicted octanol–water partition coefficient (Wildman–Crippen LogP) is 4.68. The molecule has 4 rings (SSSR count). The summed E-state index contributed by atoms with van der Waals surface area (Å²) in [6, 6.07) is 21.5. The van der Waals surface area contributed by atoms with Gasteiger partial charge in [0.2, 0.25) is 11.8 Å². The third-order valence-corrected chi connectivity index (χ3v) is 5.95. The van der Waals surface area contributed by atoms with Crippen molar-refractivity contribution in [2.24, 2.45) is 5.92 Å². The Balaban J connectivity index is 1.32. The number of amides is 2. The lowest BCUT2D eigenvalue weighted by atomic mass is 10.1. The normalized spacial score (nSPS) is 12.8. The van der Waals surface area contributed by atoms with Gasteiger partial charge in [-0.25, -0.2) is 4.39 Å². The Morgan fingerprint density at radius 1 is 0.912 bits per heavy atom. The van der Waals surface area contributed by atoms with Gasteiger partial charge in [0.15, 0.2) is 0 Å². The minimum Gasteiger partial charge on any atom is -0.497 e. The zero-order chi connectivity index (χ0) is 23.9. The molecule has 1 aliphatic rings. The Morgan fingerprint density at radius 2 is 1.53 bits per heavy atom. The van der Waals surface area contributed by atoms with E-state index in [1.807, 2.05) is 48.5 Å². The molecule has 0 heterocycles. The summed E-state index contributed by atoms with van der Waals surface area (Å²) in [6.07, 6.45) is 2.84. The number of nitrogens with one attached hydrogen (secondary N) is 1. The maximum absolute atomic E-state index is 13.3. The summed E-state index contributed by atoms with van der Waals surface area (Å²) in [5.41, 5.74) is 3.67. The molecule has 6 heteroatoms. The van der Waals surface area contributed by atoms with Crippen LogP contribution in [0.15, 0.2) is 72.8 Å². The molecule has 0 radical (unpaired) electrons. The molecule has 0 bridgehead atoms. The van der Waals surface area contributed by atoms with E-state index in [9.17, 15) is 14.0 Å². The van der Waals surface area contributed by atoms with Crippen LogP contribution < -0.4 is 15.0 Å². The highest BCUT2D eigenvalue weighted by Gasteiger charge is 2.34. The van der Waals surface area contributed by atoms with Crippen LogP contribution in [0.5, 0.6) is 5.75 Å². The number of hydrogen-bond acceptors (Lipinski definition) is 3. The fraction of sp³-hybridized carbons (Fsp3) is 0.286. The van der Waals surface area contributed by atoms with Gasteiger partial charge in [0.05, 0.1) is 20.1 Å². The van der Waals surface area contributed by atoms with Crippen molar-refractivity contribution in [2.45, 2.75) is 32.2 Å². The molecule has 1 saturated carbocycles. The Bertz CT molecular complexity index is 1110. The van der Waals surface area contributed by atoms with Crippen LogP contribution in [-0.2, 0) is 29.0 Å². The monoisotopic (exact) mass is 460 g/mol. The van der Waals surface area contributed by atoms with E-state index in [1.54, 1.807) is 24.1 Å². The van der Waals surface area contributed by atoms with Gasteiger partial charge < -0.3 is 15.0 Å². The summed E-state index contributed by atoms with van der Waals surface area (Å²) in [7, 11) is 1.63. The van der Waals surface area contributed by atoms with Gasteiger partial charge in [-0.1, -0.05) is 36.4 Å². The maximum atomic E-state index is 13.3. The first-order valence-electron chi connectivity index (χ1n) is 11.6. The highest BCUT2D eigenvalue weighted by Crippen LogP contribution is 2.33. The highest BCUT2D eigenvalue weighted by molar-refractivity contribution is 5.96. The summed E-state index contributed by atoms with van der Waals surface area (Å²) in [5.74, 6) is 0.630. The molecule has 0 unspecified atom stereocenters. The second kappa shape index (κ2) is 11.0. The van der Waals surface area contributed by atoms with Crippen LogP contribution >= 0.6 is 0 Å². The molecule has 1 fully saturated rings. The number of halogens is 1. The molecule has 0 saturated heterocycles. The van der Waals surface area contributed by atoms with Gasteiger partial charge in [-0.3, -0.25) is 9.59 Å². The third-order valence-electron chi connectivity index (χ3n) is 5.95. The lowest BCUT2D eigenvalue weighted by Gasteiger charge is -2.23. The van der Waals surface area contributed by atoms with Crippen LogP contribution in [0, 0.1) is 11.7 Å². The second-order valence-electron chi connectivity index (χ2n) is 8.62. The van der Waals surface area contributed by atoms with E-state index in [2.05, 4.69) is 5.32 Å². The first kappa shape index (κ1) is 23.5. The van der Waals surface area contributed by atoms with E-state index in [1.165, 1.54) is 12.1 Å². The van der Waals surface area contributed by atoms with Crippen molar-refractivity contribution in [3.8, 4) is 5.75 Å². The smallest absolute Gasteiger partial charge is 0.230 e. The van der Waals surface area contributed by atoms with Gasteiger partial charge in [0.1, 0.15) is 11.6 Å². The van der Waals surface area contributed by atoms with Crippen molar-refractivity contribution in [1.29, 1.82) is 0 Å². The van der Waals surface area contributed by atoms with E-state index >= 15 is 0 Å². The summed E-state index contributed by atoms with van der Waals surface area (Å²) >= 11 is 0. The van der Waals surface area contributed by atoms with Gasteiger partial charge in [-0.05, 0) is 72.4 Å². The topological polar surface area (TPSA) is 58.6 Å². The molecule has 176 valence electrons. The number of carbonyl (C=O) groups excluding carboxylic acids is 2. The molecular formula is C28H29FN2O3. The second-order valence-corrected chi connectivity index (χ2v) is 8.62. The van der Waals surface area contributed by atoms with E-state index in [-0.39, 0.29) is 30.0 Å². The quantitative estimate of drug-likeness (QED) is 0.478. The average Bonchev–Trinajstić information content (AvgIpc) is 3.70. The van der Waals surface area contributed by atoms with Crippen molar-refractivity contribution < 1.29 is 18.7 Å². The van der Waals surface area contributed by atoms with Crippen molar-refractivity contribution in [1.82, 2.24) is 5.32 Å². The minimum absolute atomic E-state index is 0.0431. The van der Waals surface area contributed by atoms with Crippen LogP contribution in [0.4, 0.5) is 10.1 Å². The molecule has 5 nitrogen and oxygen atoms in total. The number of rotatable bonds is 10. The van der Waals surface area contributed by atoms with Crippen LogP contribution in [0.25, 0.3) is 0 Å². The number of anilines is 1. The largest absolute Gasteiger partial charge is 0.497 e. The highest BCUT2D eigenvalue weighted by atomic mass is 19.1. The van der Waals surface area contributed by atoms with Crippen LogP contribution in [0.3, 0.4) is 0 Å². The standard InChI is InChI=1S/C28H29FN2O3/c1-34-26-14-6-20(7-15-26)16-17-30-27(32)18-21-4-12-25(13-5-21)31(28(33)23-8-9-23)19-22-2-10-24(29)11-3-22/h2-7,10-15,23H,8-9,16-19H2,1H3,(H,30,32). The number of methoxy groups -OCH3 is 1. The molecular weight excluding hydrogens is 431 g/mol. The zero-order valence-electron chi connectivity index (χ0n) is 19.3. The Morgan fingerprint density at radius 3 is 2.15 bits per heavy atom. The SMILES string of the molecule is COc1ccc(CCNC(=O)Cc2ccc(N(Cc3ccc(F)cc3)C(=O)C3CC3)cc2)cc1. The summed E-state index contributed by atoms with van der Waals surface area (Å²) in [6.45, 7) is 0.950. The lowest BCUT2D eigenvalue weighted by molar-refractivity contribution is -0.121. The van der Waals surface area contributed by atoms with Crippen molar-refractivity contribution in [2.75, 3.05) is 18.6 Å². The van der Waals surface area contributed by atoms with Crippen molar-refractivity contribution in [3.63, 3.8) is 0 Å². The van der Waals surface area contributed by atoms with Gasteiger partial charge in [-0.15, -0.1) is 0 Å². The molecule has 0 aliphatic heterocycles. The van der Waals surface area contributed by atoms with Gasteiger partial charge in [0.25, 0.3) is 0 Å². The van der Waals surface area contributed by atoms with E-state index in [0.29, 0.717) is 13.1 Å². The molecule has 0 aromatic heterocycles. The number of benzene rings is 3. The van der Waals surface area contributed by atoms with Crippen molar-refractivity contribution >= 4 is 17.5 Å². The fourth-order valence-electron chi connectivity index (χ4n) is 3.80. The summed E-state index contributed by atoms with van der Waals surface area (Å²) in [4.78, 5) is 27.0. The van der Waals surface area contributed by atoms with Gasteiger partial charge in [0, 0.05) is 18.2 Å². The molecule has 0 atom stereocenters. The lowest BCUT2D eigenvalue weighted by Crippen LogP contribution is -2.31. The zero-order valence-corrected chi connectivity index (χ0v) is 19.3. The summed E-state index contributed by atoms with van der Waals surface area (Å²) in [5, 5.41) is 2.96. The average molecular weight is 461 g/mol. The number of carbonyl (C=O) groups is 2. The van der Waals surface area contributed by atoms with Gasteiger partial charge in [-0.2, -0.15) is 0 Å². The number of nitrogens with zero attached hydrogens (tertiary/aromatic N) is 1. The molecule has 34 heavy (non-hydrogen) atoms. The molecule has 3 aromatic carbocycles. The minimum atomic E-state index is -0.296. The number of hydrogen-bond donors (Lipinski definition) is 1. The molecule has 3 aromatic rings. The first-order valence-corrected chi connectivity index (χ1v) is 11.6. The summed E-state index contributed by atoms with van der Waals surface area (Å²) < 4.78 is 18.4. The van der Waals surface area contributed by atoms with E-state index < -0.39 is 0 Å². The van der Waals surface area contributed by atoms with Crippen LogP contribution in [0.1, 0.15) is 29.5 Å². The first-order chi connectivity index (χ1) is 16.5. The van der Waals surface area contributed by atoms with Gasteiger partial charge >= 0.3 is 0 Å². The van der Waals surface area contributed by atoms with Crippen molar-refractivity contribution in [3.05, 3.63) is 95.3 Å². The molecule has 1 N–H and O–H groups in total. The Hall–Kier alpha value is -3.67. The molecule has 0 spiro atoms. The Labute approximate surface area is 199 Å². The number of ether oxygens (including phenoxy) is 1. The van der Waals surface area contributed by atoms with Crippen LogP contribution in [0.2, 0.25) is 0 Å². The predicted molar refractivity (Wildman–Crippen MR) is 130 cm³/mol. The van der Waals surface area contributed by atoms with E-state index in [0.717, 1.165) is 47.4 Å². The maximum Gasteiger partial charge on any atom is 0.230 e. The molecule has 1 aliphatic carbocycles. The molecule has 2 amide bonds. The Kier molecular flexibility index (Phi) is 7.58. The van der Waals surface area contributed by atoms with Crippen LogP contribution in [-0.4, -0.2) is 25.5 Å². The van der Waals surface area contributed by atoms with E-state index in [4.69, 9.17) is 4.74 Å². The third kappa shape index (κ3) is 6.44.